The van der Waals surface area contributed by atoms with E-state index in [4.69, 9.17) is 4.42 Å². The van der Waals surface area contributed by atoms with Gasteiger partial charge in [0.2, 0.25) is 5.91 Å². The van der Waals surface area contributed by atoms with Crippen LogP contribution >= 0.6 is 0 Å². The number of hydrogen-bond donors (Lipinski definition) is 1. The zero-order valence-corrected chi connectivity index (χ0v) is 12.6. The summed E-state index contributed by atoms with van der Waals surface area (Å²) in [7, 11) is 0. The Balaban J connectivity index is 1.50. The van der Waals surface area contributed by atoms with Crippen molar-refractivity contribution in [2.24, 2.45) is 0 Å². The monoisotopic (exact) mass is 320 g/mol. The molecule has 1 fully saturated rings. The zero-order valence-electron chi connectivity index (χ0n) is 12.6. The second-order valence-corrected chi connectivity index (χ2v) is 5.67. The highest BCUT2D eigenvalue weighted by atomic mass is 19.1. The molecule has 1 aliphatic rings. The molecule has 0 aliphatic carbocycles. The van der Waals surface area contributed by atoms with Gasteiger partial charge in [0.15, 0.2) is 0 Å². The number of nitrogens with zero attached hydrogens (tertiary/aromatic N) is 1. The van der Waals surface area contributed by atoms with E-state index in [1.807, 2.05) is 11.0 Å². The van der Waals surface area contributed by atoms with Gasteiger partial charge in [0.05, 0.1) is 12.0 Å². The molecule has 0 saturated carbocycles. The minimum Gasteiger partial charge on any atom is -0.469 e. The fourth-order valence-corrected chi connectivity index (χ4v) is 2.83. The molecule has 1 amide bonds. The molecule has 122 valence electrons. The second kappa shape index (κ2) is 6.81. The summed E-state index contributed by atoms with van der Waals surface area (Å²) in [5.74, 6) is -0.433. The van der Waals surface area contributed by atoms with Gasteiger partial charge in [-0.2, -0.15) is 0 Å². The van der Waals surface area contributed by atoms with E-state index < -0.39 is 11.6 Å². The molecule has 1 aromatic heterocycles. The predicted octanol–water partition coefficient (Wildman–Crippen LogP) is 2.89. The average Bonchev–Trinajstić information content (AvgIpc) is 3.17. The first kappa shape index (κ1) is 15.5. The van der Waals surface area contributed by atoms with Gasteiger partial charge < -0.3 is 14.6 Å². The van der Waals surface area contributed by atoms with Gasteiger partial charge in [0.25, 0.3) is 0 Å². The maximum absolute atomic E-state index is 13.8. The van der Waals surface area contributed by atoms with Gasteiger partial charge in [0, 0.05) is 38.0 Å². The maximum Gasteiger partial charge on any atom is 0.220 e. The number of benzene rings is 1. The Kier molecular flexibility index (Phi) is 4.60. The fraction of sp³-hybridized carbons (Fsp3) is 0.353. The lowest BCUT2D eigenvalue weighted by Gasteiger charge is -2.19. The number of aryl methyl sites for hydroxylation is 1. The van der Waals surface area contributed by atoms with Crippen LogP contribution in [0.5, 0.6) is 0 Å². The van der Waals surface area contributed by atoms with E-state index in [0.29, 0.717) is 31.6 Å². The van der Waals surface area contributed by atoms with Crippen LogP contribution in [0.2, 0.25) is 0 Å². The van der Waals surface area contributed by atoms with Crippen LogP contribution < -0.4 is 10.2 Å². The predicted molar refractivity (Wildman–Crippen MR) is 82.1 cm³/mol. The maximum atomic E-state index is 13.8. The number of anilines is 1. The number of carbonyl (C=O) groups is 1. The standard InChI is InChI=1S/C17H18F2N2O2/c18-12-3-5-16(15(19)10-12)21-8-7-13(11-21)20-17(22)6-4-14-2-1-9-23-14/h1-3,5,9-10,13H,4,6-8,11H2,(H,20,22)/t13-/m0/s1. The van der Waals surface area contributed by atoms with Crippen LogP contribution in [0.3, 0.4) is 0 Å². The number of carbonyl (C=O) groups excluding carboxylic acids is 1. The van der Waals surface area contributed by atoms with Crippen molar-refractivity contribution in [2.75, 3.05) is 18.0 Å². The Morgan fingerprint density at radius 3 is 2.96 bits per heavy atom. The van der Waals surface area contributed by atoms with Gasteiger partial charge in [-0.15, -0.1) is 0 Å². The summed E-state index contributed by atoms with van der Waals surface area (Å²) in [6.45, 7) is 1.15. The van der Waals surface area contributed by atoms with Crippen molar-refractivity contribution in [1.29, 1.82) is 0 Å². The highest BCUT2D eigenvalue weighted by Gasteiger charge is 2.25. The molecule has 4 nitrogen and oxygen atoms in total. The molecular formula is C17H18F2N2O2. The lowest BCUT2D eigenvalue weighted by Crippen LogP contribution is -2.37. The lowest BCUT2D eigenvalue weighted by atomic mass is 10.2. The van der Waals surface area contributed by atoms with Crippen molar-refractivity contribution in [1.82, 2.24) is 5.32 Å². The first-order valence-corrected chi connectivity index (χ1v) is 7.63. The van der Waals surface area contributed by atoms with Crippen molar-refractivity contribution in [3.8, 4) is 0 Å². The fourth-order valence-electron chi connectivity index (χ4n) is 2.83. The number of nitrogens with one attached hydrogen (secondary N) is 1. The molecule has 0 bridgehead atoms. The molecular weight excluding hydrogens is 302 g/mol. The van der Waals surface area contributed by atoms with E-state index >= 15 is 0 Å². The molecule has 1 saturated heterocycles. The topological polar surface area (TPSA) is 45.5 Å². The quantitative estimate of drug-likeness (QED) is 0.921. The number of hydrogen-bond acceptors (Lipinski definition) is 3. The number of amides is 1. The first-order valence-electron chi connectivity index (χ1n) is 7.63. The third-order valence-corrected chi connectivity index (χ3v) is 3.98. The molecule has 1 aromatic carbocycles. The molecule has 2 heterocycles. The Bertz CT molecular complexity index is 673. The lowest BCUT2D eigenvalue weighted by molar-refractivity contribution is -0.121. The molecule has 0 unspecified atom stereocenters. The van der Waals surface area contributed by atoms with Crippen LogP contribution in [0.4, 0.5) is 14.5 Å². The highest BCUT2D eigenvalue weighted by molar-refractivity contribution is 5.76. The van der Waals surface area contributed by atoms with E-state index in [2.05, 4.69) is 5.32 Å². The molecule has 23 heavy (non-hydrogen) atoms. The third-order valence-electron chi connectivity index (χ3n) is 3.98. The van der Waals surface area contributed by atoms with Crippen LogP contribution in [0.15, 0.2) is 41.0 Å². The van der Waals surface area contributed by atoms with E-state index in [0.717, 1.165) is 18.2 Å². The SMILES string of the molecule is O=C(CCc1ccco1)N[C@H]1CCN(c2ccc(F)cc2F)C1. The largest absolute Gasteiger partial charge is 0.469 e. The highest BCUT2D eigenvalue weighted by Crippen LogP contribution is 2.24. The van der Waals surface area contributed by atoms with Gasteiger partial charge in [0.1, 0.15) is 17.4 Å². The molecule has 0 spiro atoms. The smallest absolute Gasteiger partial charge is 0.220 e. The molecule has 6 heteroatoms. The van der Waals surface area contributed by atoms with Crippen molar-refractivity contribution in [3.63, 3.8) is 0 Å². The van der Waals surface area contributed by atoms with E-state index in [1.54, 1.807) is 12.3 Å². The number of furan rings is 1. The summed E-state index contributed by atoms with van der Waals surface area (Å²) < 4.78 is 31.9. The van der Waals surface area contributed by atoms with Gasteiger partial charge in [-0.05, 0) is 30.7 Å². The summed E-state index contributed by atoms with van der Waals surface area (Å²) in [4.78, 5) is 13.8. The van der Waals surface area contributed by atoms with E-state index in [9.17, 15) is 13.6 Å². The van der Waals surface area contributed by atoms with Gasteiger partial charge in [-0.1, -0.05) is 0 Å². The summed E-state index contributed by atoms with van der Waals surface area (Å²) in [5.41, 5.74) is 0.374. The molecule has 2 aromatic rings. The Hall–Kier alpha value is -2.37. The van der Waals surface area contributed by atoms with Crippen molar-refractivity contribution < 1.29 is 18.0 Å². The van der Waals surface area contributed by atoms with Crippen LogP contribution in [0.25, 0.3) is 0 Å². The normalized spacial score (nSPS) is 17.5. The van der Waals surface area contributed by atoms with Crippen molar-refractivity contribution in [3.05, 3.63) is 54.0 Å². The van der Waals surface area contributed by atoms with Crippen LogP contribution in [-0.2, 0) is 11.2 Å². The first-order chi connectivity index (χ1) is 11.1. The average molecular weight is 320 g/mol. The molecule has 1 N–H and O–H groups in total. The Labute approximate surface area is 133 Å². The molecule has 0 radical (unpaired) electrons. The summed E-state index contributed by atoms with van der Waals surface area (Å²) in [5, 5.41) is 2.95. The summed E-state index contributed by atoms with van der Waals surface area (Å²) in [6.07, 6.45) is 3.24. The Morgan fingerprint density at radius 2 is 2.22 bits per heavy atom. The molecule has 1 atom stereocenters. The third kappa shape index (κ3) is 3.88. The molecule has 1 aliphatic heterocycles. The van der Waals surface area contributed by atoms with E-state index in [-0.39, 0.29) is 11.9 Å². The van der Waals surface area contributed by atoms with Crippen molar-refractivity contribution in [2.45, 2.75) is 25.3 Å². The summed E-state index contributed by atoms with van der Waals surface area (Å²) in [6, 6.07) is 7.16. The molecule has 3 rings (SSSR count). The van der Waals surface area contributed by atoms with Gasteiger partial charge in [-0.3, -0.25) is 4.79 Å². The summed E-state index contributed by atoms with van der Waals surface area (Å²) >= 11 is 0. The Morgan fingerprint density at radius 1 is 1.35 bits per heavy atom. The zero-order chi connectivity index (χ0) is 16.2. The van der Waals surface area contributed by atoms with Crippen molar-refractivity contribution >= 4 is 11.6 Å². The minimum absolute atomic E-state index is 0.0245. The van der Waals surface area contributed by atoms with E-state index in [1.165, 1.54) is 12.1 Å². The number of halogens is 2. The van der Waals surface area contributed by atoms with Crippen LogP contribution in [0.1, 0.15) is 18.6 Å². The second-order valence-electron chi connectivity index (χ2n) is 5.67. The van der Waals surface area contributed by atoms with Crippen LogP contribution in [0, 0.1) is 11.6 Å². The van der Waals surface area contributed by atoms with Gasteiger partial charge in [-0.25, -0.2) is 8.78 Å². The minimum atomic E-state index is -0.590. The van der Waals surface area contributed by atoms with Crippen LogP contribution in [-0.4, -0.2) is 25.0 Å². The number of rotatable bonds is 5. The van der Waals surface area contributed by atoms with Gasteiger partial charge >= 0.3 is 0 Å².